The van der Waals surface area contributed by atoms with Gasteiger partial charge in [0, 0.05) is 6.42 Å². The molecule has 1 N–H and O–H groups in total. The molecule has 0 rings (SSSR count). The van der Waals surface area contributed by atoms with E-state index in [9.17, 15) is 4.79 Å². The maximum Gasteiger partial charge on any atom is 0.303 e. The summed E-state index contributed by atoms with van der Waals surface area (Å²) in [5, 5.41) is 8.59. The summed E-state index contributed by atoms with van der Waals surface area (Å²) in [6.45, 7) is 2.11. The zero-order valence-corrected chi connectivity index (χ0v) is 19.8. The van der Waals surface area contributed by atoms with Crippen LogP contribution in [0.3, 0.4) is 0 Å². The van der Waals surface area contributed by atoms with E-state index in [1.54, 1.807) is 0 Å². The largest absolute Gasteiger partial charge is 0.481 e. The Bertz CT molecular complexity index is 348. The molecule has 2 heteroatoms. The first-order valence-electron chi connectivity index (χ1n) is 13.1. The van der Waals surface area contributed by atoms with Gasteiger partial charge in [0.2, 0.25) is 0 Å². The van der Waals surface area contributed by atoms with Gasteiger partial charge in [-0.3, -0.25) is 4.79 Å². The van der Waals surface area contributed by atoms with Gasteiger partial charge in [-0.1, -0.05) is 134 Å². The number of carboxylic acids is 1. The van der Waals surface area contributed by atoms with E-state index in [2.05, 4.69) is 19.1 Å². The highest BCUT2D eigenvalue weighted by molar-refractivity contribution is 5.66. The van der Waals surface area contributed by atoms with Crippen molar-refractivity contribution in [2.45, 2.75) is 155 Å². The predicted octanol–water partition coefficient (Wildman–Crippen LogP) is 9.62. The average Bonchev–Trinajstić information content (AvgIpc) is 2.71. The van der Waals surface area contributed by atoms with Crippen molar-refractivity contribution in [2.24, 2.45) is 0 Å². The Balaban J connectivity index is 3.01. The molecular weight excluding hydrogens is 356 g/mol. The molecule has 172 valence electrons. The zero-order valence-electron chi connectivity index (χ0n) is 19.8. The Hall–Kier alpha value is -0.790. The summed E-state index contributed by atoms with van der Waals surface area (Å²) in [6, 6.07) is 0. The smallest absolute Gasteiger partial charge is 0.303 e. The molecule has 0 aliphatic rings. The van der Waals surface area contributed by atoms with Crippen LogP contribution in [0.4, 0.5) is 0 Å². The van der Waals surface area contributed by atoms with Gasteiger partial charge in [-0.15, -0.1) is 0 Å². The Morgan fingerprint density at radius 3 is 1.07 bits per heavy atom. The molecule has 0 spiro atoms. The van der Waals surface area contributed by atoms with Crippen LogP contribution in [-0.2, 0) is 4.79 Å². The van der Waals surface area contributed by atoms with E-state index in [4.69, 9.17) is 5.11 Å². The van der Waals surface area contributed by atoms with E-state index in [0.717, 1.165) is 12.8 Å². The number of unbranched alkanes of at least 4 members (excludes halogenated alkanes) is 21. The van der Waals surface area contributed by atoms with Crippen molar-refractivity contribution in [3.05, 3.63) is 12.2 Å². The fraction of sp³-hybridized carbons (Fsp3) is 0.889. The van der Waals surface area contributed by atoms with Gasteiger partial charge in [0.05, 0.1) is 0 Å². The van der Waals surface area contributed by atoms with Crippen LogP contribution < -0.4 is 0 Å². The second-order valence-corrected chi connectivity index (χ2v) is 8.93. The molecule has 0 bridgehead atoms. The standard InChI is InChI=1S/C27H52O2/c1-2-3-4-5-6-7-8-9-10-11-12-13-14-15-16-17-18-19-20-21-22-23-24-25-26-27(28)29/h2-3H,4-26H2,1H3,(H,28,29). The molecule has 0 radical (unpaired) electrons. The number of rotatable bonds is 24. The van der Waals surface area contributed by atoms with Crippen LogP contribution in [0.5, 0.6) is 0 Å². The first-order chi connectivity index (χ1) is 14.3. The molecule has 0 aliphatic carbocycles. The summed E-state index contributed by atoms with van der Waals surface area (Å²) in [6.07, 6.45) is 34.7. The number of allylic oxidation sites excluding steroid dienone is 2. The van der Waals surface area contributed by atoms with Gasteiger partial charge in [-0.05, 0) is 26.2 Å². The van der Waals surface area contributed by atoms with Crippen LogP contribution in [0.1, 0.15) is 155 Å². The molecule has 0 aliphatic heterocycles. The van der Waals surface area contributed by atoms with E-state index < -0.39 is 5.97 Å². The van der Waals surface area contributed by atoms with Gasteiger partial charge in [0.25, 0.3) is 0 Å². The van der Waals surface area contributed by atoms with E-state index in [-0.39, 0.29) is 0 Å². The maximum atomic E-state index is 10.4. The molecule has 0 atom stereocenters. The Morgan fingerprint density at radius 2 is 0.793 bits per heavy atom. The molecule has 0 heterocycles. The van der Waals surface area contributed by atoms with Gasteiger partial charge in [-0.25, -0.2) is 0 Å². The fourth-order valence-electron chi connectivity index (χ4n) is 4.06. The van der Waals surface area contributed by atoms with Crippen molar-refractivity contribution in [1.29, 1.82) is 0 Å². The minimum Gasteiger partial charge on any atom is -0.481 e. The topological polar surface area (TPSA) is 37.3 Å². The summed E-state index contributed by atoms with van der Waals surface area (Å²) in [5.41, 5.74) is 0. The number of carbonyl (C=O) groups is 1. The molecule has 0 aromatic heterocycles. The molecular formula is C27H52O2. The predicted molar refractivity (Wildman–Crippen MR) is 129 cm³/mol. The van der Waals surface area contributed by atoms with Gasteiger partial charge in [0.15, 0.2) is 0 Å². The Kier molecular flexibility index (Phi) is 24.6. The van der Waals surface area contributed by atoms with E-state index in [1.165, 1.54) is 128 Å². The quantitative estimate of drug-likeness (QED) is 0.127. The van der Waals surface area contributed by atoms with E-state index >= 15 is 0 Å². The highest BCUT2D eigenvalue weighted by Gasteiger charge is 1.97. The third kappa shape index (κ3) is 27.2. The van der Waals surface area contributed by atoms with Gasteiger partial charge in [-0.2, -0.15) is 0 Å². The van der Waals surface area contributed by atoms with Crippen LogP contribution in [0.15, 0.2) is 12.2 Å². The highest BCUT2D eigenvalue weighted by atomic mass is 16.4. The molecule has 0 aromatic rings. The average molecular weight is 409 g/mol. The number of carboxylic acid groups (broad SMARTS) is 1. The Labute approximate surface area is 182 Å². The lowest BCUT2D eigenvalue weighted by molar-refractivity contribution is -0.137. The zero-order chi connectivity index (χ0) is 21.3. The maximum absolute atomic E-state index is 10.4. The summed E-state index contributed by atoms with van der Waals surface area (Å²) in [7, 11) is 0. The SMILES string of the molecule is CC=CCCCCCCCCCCCCCCCCCCCCCCCC(=O)O. The minimum absolute atomic E-state index is 0.345. The molecule has 0 saturated carbocycles. The van der Waals surface area contributed by atoms with E-state index in [0.29, 0.717) is 6.42 Å². The van der Waals surface area contributed by atoms with Crippen LogP contribution in [0.25, 0.3) is 0 Å². The first-order valence-corrected chi connectivity index (χ1v) is 13.1. The third-order valence-electron chi connectivity index (χ3n) is 6.00. The monoisotopic (exact) mass is 408 g/mol. The lowest BCUT2D eigenvalue weighted by atomic mass is 10.0. The summed E-state index contributed by atoms with van der Waals surface area (Å²) in [4.78, 5) is 10.4. The highest BCUT2D eigenvalue weighted by Crippen LogP contribution is 2.15. The number of hydrogen-bond acceptors (Lipinski definition) is 1. The number of hydrogen-bond donors (Lipinski definition) is 1. The lowest BCUT2D eigenvalue weighted by Crippen LogP contribution is -1.93. The normalized spacial score (nSPS) is 11.5. The van der Waals surface area contributed by atoms with E-state index in [1.807, 2.05) is 0 Å². The van der Waals surface area contributed by atoms with Crippen LogP contribution in [-0.4, -0.2) is 11.1 Å². The van der Waals surface area contributed by atoms with Crippen molar-refractivity contribution in [2.75, 3.05) is 0 Å². The third-order valence-corrected chi connectivity index (χ3v) is 6.00. The van der Waals surface area contributed by atoms with Gasteiger partial charge in [0.1, 0.15) is 0 Å². The number of aliphatic carboxylic acids is 1. The van der Waals surface area contributed by atoms with Crippen LogP contribution >= 0.6 is 0 Å². The van der Waals surface area contributed by atoms with Crippen molar-refractivity contribution < 1.29 is 9.90 Å². The molecule has 0 aromatic carbocycles. The van der Waals surface area contributed by atoms with Crippen molar-refractivity contribution >= 4 is 5.97 Å². The van der Waals surface area contributed by atoms with Crippen LogP contribution in [0.2, 0.25) is 0 Å². The second kappa shape index (κ2) is 25.2. The lowest BCUT2D eigenvalue weighted by Gasteiger charge is -2.04. The molecule has 0 unspecified atom stereocenters. The summed E-state index contributed by atoms with van der Waals surface area (Å²) < 4.78 is 0. The van der Waals surface area contributed by atoms with Crippen molar-refractivity contribution in [3.8, 4) is 0 Å². The molecule has 2 nitrogen and oxygen atoms in total. The molecule has 0 saturated heterocycles. The molecule has 0 amide bonds. The molecule has 0 fully saturated rings. The van der Waals surface area contributed by atoms with Crippen molar-refractivity contribution in [3.63, 3.8) is 0 Å². The fourth-order valence-corrected chi connectivity index (χ4v) is 4.06. The second-order valence-electron chi connectivity index (χ2n) is 8.93. The first kappa shape index (κ1) is 28.2. The summed E-state index contributed by atoms with van der Waals surface area (Å²) in [5.74, 6) is -0.651. The molecule has 29 heavy (non-hydrogen) atoms. The van der Waals surface area contributed by atoms with Gasteiger partial charge < -0.3 is 5.11 Å². The minimum atomic E-state index is -0.651. The Morgan fingerprint density at radius 1 is 0.517 bits per heavy atom. The summed E-state index contributed by atoms with van der Waals surface area (Å²) >= 11 is 0. The van der Waals surface area contributed by atoms with Gasteiger partial charge >= 0.3 is 5.97 Å². The van der Waals surface area contributed by atoms with Crippen LogP contribution in [0, 0.1) is 0 Å². The van der Waals surface area contributed by atoms with Crippen molar-refractivity contribution in [1.82, 2.24) is 0 Å².